The highest BCUT2D eigenvalue weighted by Crippen LogP contribution is 2.44. The van der Waals surface area contributed by atoms with E-state index in [2.05, 4.69) is 14.8 Å². The van der Waals surface area contributed by atoms with Gasteiger partial charge in [0.2, 0.25) is 0 Å². The molecule has 5 heterocycles. The number of hydrogen-bond acceptors (Lipinski definition) is 7. The van der Waals surface area contributed by atoms with Crippen LogP contribution in [0.5, 0.6) is 6.01 Å². The van der Waals surface area contributed by atoms with Crippen molar-refractivity contribution >= 4 is 45.2 Å². The van der Waals surface area contributed by atoms with Crippen LogP contribution in [-0.2, 0) is 4.74 Å². The van der Waals surface area contributed by atoms with Gasteiger partial charge in [0, 0.05) is 53.9 Å². The fourth-order valence-corrected chi connectivity index (χ4v) is 8.83. The first-order chi connectivity index (χ1) is 23.4. The Morgan fingerprint density at radius 1 is 1.06 bits per heavy atom. The van der Waals surface area contributed by atoms with Crippen molar-refractivity contribution in [1.82, 2.24) is 19.8 Å². The molecule has 258 valence electrons. The number of hydrogen-bond donors (Lipinski definition) is 0. The largest absolute Gasteiger partial charge is 0.461 e. The van der Waals surface area contributed by atoms with Gasteiger partial charge in [-0.3, -0.25) is 4.90 Å². The topological polar surface area (TPSA) is 71.0 Å². The lowest BCUT2D eigenvalue weighted by molar-refractivity contribution is 0.0209. The van der Waals surface area contributed by atoms with Gasteiger partial charge in [-0.05, 0) is 76.1 Å². The van der Waals surface area contributed by atoms with Gasteiger partial charge in [-0.25, -0.2) is 18.0 Å². The van der Waals surface area contributed by atoms with Crippen LogP contribution in [0.2, 0.25) is 5.02 Å². The van der Waals surface area contributed by atoms with Gasteiger partial charge < -0.3 is 19.3 Å². The molecule has 3 aromatic carbocycles. The number of ether oxygens (including phenoxy) is 2. The number of anilines is 1. The number of rotatable bonds is 5. The third-order valence-electron chi connectivity index (χ3n) is 10.6. The van der Waals surface area contributed by atoms with Crippen LogP contribution >= 0.6 is 11.6 Å². The van der Waals surface area contributed by atoms with E-state index in [1.165, 1.54) is 6.07 Å². The van der Waals surface area contributed by atoms with E-state index in [9.17, 15) is 9.18 Å². The molecule has 0 radical (unpaired) electrons. The molecule has 4 saturated heterocycles. The molecule has 4 fully saturated rings. The molecule has 8 rings (SSSR count). The summed E-state index contributed by atoms with van der Waals surface area (Å²) in [7, 11) is 0. The average Bonchev–Trinajstić information content (AvgIpc) is 3.65. The summed E-state index contributed by atoms with van der Waals surface area (Å²) >= 11 is 6.59. The number of halogens is 4. The Labute approximate surface area is 288 Å². The maximum Gasteiger partial charge on any atom is 0.410 e. The van der Waals surface area contributed by atoms with Crippen LogP contribution in [-0.4, -0.2) is 88.0 Å². The van der Waals surface area contributed by atoms with Gasteiger partial charge in [0.25, 0.3) is 0 Å². The fourth-order valence-electron chi connectivity index (χ4n) is 8.54. The molecule has 0 spiro atoms. The number of alkyl halides is 1. The number of nitrogens with zero attached hydrogens (tertiary/aromatic N) is 5. The van der Waals surface area contributed by atoms with Crippen LogP contribution in [0.1, 0.15) is 52.9 Å². The first-order valence-corrected chi connectivity index (χ1v) is 17.4. The van der Waals surface area contributed by atoms with Gasteiger partial charge >= 0.3 is 12.1 Å². The van der Waals surface area contributed by atoms with Crippen molar-refractivity contribution in [2.45, 2.75) is 82.3 Å². The Kier molecular flexibility index (Phi) is 7.86. The summed E-state index contributed by atoms with van der Waals surface area (Å²) in [5.41, 5.74) is -1.11. The molecule has 0 aliphatic carbocycles. The first-order valence-electron chi connectivity index (χ1n) is 17.1. The summed E-state index contributed by atoms with van der Waals surface area (Å²) < 4.78 is 59.8. The molecule has 0 N–H and O–H groups in total. The molecular weight excluding hydrogens is 655 g/mol. The maximum atomic E-state index is 17.0. The zero-order valence-electron chi connectivity index (χ0n) is 27.8. The van der Waals surface area contributed by atoms with Gasteiger partial charge in [0.1, 0.15) is 35.5 Å². The second kappa shape index (κ2) is 11.9. The lowest BCUT2D eigenvalue weighted by Gasteiger charge is -2.42. The van der Waals surface area contributed by atoms with Gasteiger partial charge in [0.15, 0.2) is 5.82 Å². The number of carbonyl (C=O) groups excluding carboxylic acids is 1. The smallest absolute Gasteiger partial charge is 0.410 e. The number of piperazine rings is 1. The van der Waals surface area contributed by atoms with Gasteiger partial charge in [-0.1, -0.05) is 41.9 Å². The zero-order chi connectivity index (χ0) is 34.2. The van der Waals surface area contributed by atoms with Crippen molar-refractivity contribution < 1.29 is 27.4 Å². The van der Waals surface area contributed by atoms with E-state index >= 15 is 8.78 Å². The highest BCUT2D eigenvalue weighted by Gasteiger charge is 2.50. The second-order valence-corrected chi connectivity index (χ2v) is 15.4. The van der Waals surface area contributed by atoms with E-state index in [1.807, 2.05) is 32.9 Å². The minimum Gasteiger partial charge on any atom is -0.461 e. The molecule has 4 aliphatic rings. The van der Waals surface area contributed by atoms with Gasteiger partial charge in [0.05, 0.1) is 11.1 Å². The molecule has 4 aliphatic heterocycles. The summed E-state index contributed by atoms with van der Waals surface area (Å²) in [5, 5.41) is 1.87. The molecule has 4 aromatic rings. The molecule has 1 amide bonds. The minimum atomic E-state index is -0.940. The number of amides is 1. The maximum absolute atomic E-state index is 17.0. The molecule has 1 aromatic heterocycles. The molecule has 4 atom stereocenters. The van der Waals surface area contributed by atoms with Crippen LogP contribution < -0.4 is 9.64 Å². The summed E-state index contributed by atoms with van der Waals surface area (Å²) in [6.07, 6.45) is 2.28. The molecule has 8 nitrogen and oxygen atoms in total. The van der Waals surface area contributed by atoms with E-state index in [0.29, 0.717) is 47.8 Å². The van der Waals surface area contributed by atoms with Crippen LogP contribution in [0.3, 0.4) is 0 Å². The van der Waals surface area contributed by atoms with Crippen LogP contribution in [0.4, 0.5) is 23.8 Å². The van der Waals surface area contributed by atoms with Crippen molar-refractivity contribution in [3.63, 3.8) is 0 Å². The third kappa shape index (κ3) is 5.62. The Bertz CT molecular complexity index is 1950. The van der Waals surface area contributed by atoms with Crippen molar-refractivity contribution in [2.24, 2.45) is 0 Å². The summed E-state index contributed by atoms with van der Waals surface area (Å²) in [5.74, 6) is -1.26. The zero-order valence-corrected chi connectivity index (χ0v) is 28.6. The van der Waals surface area contributed by atoms with E-state index in [0.717, 1.165) is 37.6 Å². The SMILES string of the molecule is CC(C)(C)OC(=O)N1CC2CCC(C1)N2c1nc(OC[C@@]23CCCN2C[C@H](F)C3)nc2c(F)c(-c3cccc4cccc(Cl)c34)c(F)cc12. The number of fused-ring (bicyclic) bond motifs is 5. The van der Waals surface area contributed by atoms with Crippen molar-refractivity contribution in [3.05, 3.63) is 59.1 Å². The molecule has 2 bridgehead atoms. The normalized spacial score (nSPS) is 25.4. The van der Waals surface area contributed by atoms with E-state index in [-0.39, 0.29) is 47.3 Å². The molecule has 2 unspecified atom stereocenters. The number of likely N-dealkylation sites (tertiary alicyclic amines) is 1. The van der Waals surface area contributed by atoms with Crippen LogP contribution in [0.25, 0.3) is 32.8 Å². The lowest BCUT2D eigenvalue weighted by Crippen LogP contribution is -2.56. The van der Waals surface area contributed by atoms with Crippen molar-refractivity contribution in [1.29, 1.82) is 0 Å². The molecule has 49 heavy (non-hydrogen) atoms. The highest BCUT2D eigenvalue weighted by atomic mass is 35.5. The Balaban J connectivity index is 1.24. The summed E-state index contributed by atoms with van der Waals surface area (Å²) in [6.45, 7) is 7.56. The number of benzene rings is 3. The lowest BCUT2D eigenvalue weighted by atomic mass is 9.95. The third-order valence-corrected chi connectivity index (χ3v) is 10.9. The Morgan fingerprint density at radius 2 is 1.80 bits per heavy atom. The van der Waals surface area contributed by atoms with Crippen LogP contribution in [0, 0.1) is 11.6 Å². The van der Waals surface area contributed by atoms with Crippen molar-refractivity contribution in [3.8, 4) is 17.1 Å². The van der Waals surface area contributed by atoms with Gasteiger partial charge in [-0.15, -0.1) is 0 Å². The highest BCUT2D eigenvalue weighted by molar-refractivity contribution is 6.36. The minimum absolute atomic E-state index is 0.0487. The van der Waals surface area contributed by atoms with E-state index in [1.54, 1.807) is 29.2 Å². The summed E-state index contributed by atoms with van der Waals surface area (Å²) in [4.78, 5) is 28.3. The molecule has 0 saturated carbocycles. The standard InChI is InChI=1S/C37H39ClF3N5O3/c1-36(2,3)49-35(47)44-18-23-11-12-24(19-44)46(23)33-26-15-28(40)30(25-9-4-7-21-8-5-10-27(38)29(21)25)31(41)32(26)42-34(43-33)48-20-37-13-6-14-45(37)17-22(39)16-37/h4-5,7-10,15,22-24H,6,11-14,16-20H2,1-3H3/t22-,23?,24?,37+/m1/s1. The molecule has 12 heteroatoms. The average molecular weight is 694 g/mol. The molecular formula is C37H39ClF3N5O3. The van der Waals surface area contributed by atoms with Crippen LogP contribution in [0.15, 0.2) is 42.5 Å². The Morgan fingerprint density at radius 3 is 2.53 bits per heavy atom. The van der Waals surface area contributed by atoms with E-state index in [4.69, 9.17) is 26.1 Å². The number of carbonyl (C=O) groups is 1. The van der Waals surface area contributed by atoms with Crippen molar-refractivity contribution in [2.75, 3.05) is 37.7 Å². The second-order valence-electron chi connectivity index (χ2n) is 15.0. The predicted octanol–water partition coefficient (Wildman–Crippen LogP) is 7.92. The predicted molar refractivity (Wildman–Crippen MR) is 183 cm³/mol. The quantitative estimate of drug-likeness (QED) is 0.210. The fraction of sp³-hybridized carbons (Fsp3) is 0.486. The number of aromatic nitrogens is 2. The summed E-state index contributed by atoms with van der Waals surface area (Å²) in [6, 6.07) is 11.5. The Hall–Kier alpha value is -3.83. The monoisotopic (exact) mass is 693 g/mol. The van der Waals surface area contributed by atoms with E-state index < -0.39 is 28.9 Å². The van der Waals surface area contributed by atoms with Gasteiger partial charge in [-0.2, -0.15) is 9.97 Å². The first kappa shape index (κ1) is 32.4.